The molecule has 24 heavy (non-hydrogen) atoms. The van der Waals surface area contributed by atoms with Gasteiger partial charge in [0.25, 0.3) is 5.56 Å². The lowest BCUT2D eigenvalue weighted by molar-refractivity contribution is 0.196. The first-order valence-electron chi connectivity index (χ1n) is 7.37. The highest BCUT2D eigenvalue weighted by Gasteiger charge is 2.13. The van der Waals surface area contributed by atoms with Crippen LogP contribution in [0.5, 0.6) is 11.5 Å². The molecule has 0 radical (unpaired) electrons. The van der Waals surface area contributed by atoms with Gasteiger partial charge in [0, 0.05) is 13.1 Å². The molecule has 0 aliphatic carbocycles. The number of aliphatic hydroxyl groups is 1. The molecule has 1 unspecified atom stereocenters. The van der Waals surface area contributed by atoms with Crippen molar-refractivity contribution < 1.29 is 14.6 Å². The number of halogens is 1. The van der Waals surface area contributed by atoms with Gasteiger partial charge in [-0.05, 0) is 40.5 Å². The highest BCUT2D eigenvalue weighted by Crippen LogP contribution is 2.32. The Labute approximate surface area is 148 Å². The average molecular weight is 398 g/mol. The summed E-state index contributed by atoms with van der Waals surface area (Å²) in [5.41, 5.74) is 1.36. The fourth-order valence-corrected chi connectivity index (χ4v) is 2.63. The molecule has 2 aromatic rings. The second-order valence-electron chi connectivity index (χ2n) is 5.15. The number of hydrogen-bond donors (Lipinski definition) is 2. The number of methoxy groups -OCH3 is 1. The van der Waals surface area contributed by atoms with Crippen LogP contribution in [0.15, 0.2) is 33.7 Å². The van der Waals surface area contributed by atoms with Gasteiger partial charge in [-0.15, -0.1) is 0 Å². The Morgan fingerprint density at radius 3 is 2.83 bits per heavy atom. The summed E-state index contributed by atoms with van der Waals surface area (Å²) < 4.78 is 12.4. The predicted octanol–water partition coefficient (Wildman–Crippen LogP) is 2.10. The normalized spacial score (nSPS) is 11.9. The number of rotatable bonds is 7. The molecule has 0 aliphatic heterocycles. The molecule has 2 rings (SSSR count). The number of ether oxygens (including phenoxy) is 2. The van der Waals surface area contributed by atoms with Gasteiger partial charge in [-0.1, -0.05) is 6.07 Å². The summed E-state index contributed by atoms with van der Waals surface area (Å²) in [6.07, 6.45) is 1.60. The molecule has 8 heteroatoms. The molecule has 7 nitrogen and oxygen atoms in total. The van der Waals surface area contributed by atoms with Gasteiger partial charge in [-0.3, -0.25) is 4.79 Å². The number of nitrogens with zero attached hydrogens (tertiary/aromatic N) is 2. The van der Waals surface area contributed by atoms with Crippen molar-refractivity contribution in [3.8, 4) is 11.5 Å². The third-order valence-electron chi connectivity index (χ3n) is 3.49. The van der Waals surface area contributed by atoms with Crippen molar-refractivity contribution >= 4 is 21.6 Å². The number of aliphatic hydroxyl groups excluding tert-OH is 1. The van der Waals surface area contributed by atoms with Crippen LogP contribution in [0.1, 0.15) is 18.5 Å². The van der Waals surface area contributed by atoms with E-state index in [4.69, 9.17) is 14.6 Å². The molecule has 0 fully saturated rings. The Bertz CT molecular complexity index is 763. The Kier molecular flexibility index (Phi) is 6.22. The van der Waals surface area contributed by atoms with Crippen LogP contribution in [-0.2, 0) is 7.05 Å². The summed E-state index contributed by atoms with van der Waals surface area (Å²) in [4.78, 5) is 11.9. The summed E-state index contributed by atoms with van der Waals surface area (Å²) in [6, 6.07) is 5.46. The van der Waals surface area contributed by atoms with Crippen molar-refractivity contribution in [2.24, 2.45) is 7.05 Å². The lowest BCUT2D eigenvalue weighted by Gasteiger charge is -2.18. The van der Waals surface area contributed by atoms with E-state index in [0.717, 1.165) is 5.56 Å². The Morgan fingerprint density at radius 1 is 1.42 bits per heavy atom. The van der Waals surface area contributed by atoms with Crippen molar-refractivity contribution in [1.82, 2.24) is 9.78 Å². The molecular formula is C16H20BrN3O4. The molecule has 0 spiro atoms. The molecule has 0 aliphatic rings. The first-order valence-corrected chi connectivity index (χ1v) is 8.17. The van der Waals surface area contributed by atoms with Crippen molar-refractivity contribution in [3.05, 3.63) is 44.8 Å². The van der Waals surface area contributed by atoms with Gasteiger partial charge in [0.05, 0.1) is 25.6 Å². The first kappa shape index (κ1) is 18.3. The molecule has 1 aromatic heterocycles. The summed E-state index contributed by atoms with van der Waals surface area (Å²) >= 11 is 3.30. The highest BCUT2D eigenvalue weighted by molar-refractivity contribution is 9.10. The number of benzene rings is 1. The molecule has 2 N–H and O–H groups in total. The van der Waals surface area contributed by atoms with Crippen LogP contribution in [0, 0.1) is 0 Å². The van der Waals surface area contributed by atoms with Crippen molar-refractivity contribution in [1.29, 1.82) is 0 Å². The van der Waals surface area contributed by atoms with Gasteiger partial charge in [-0.2, -0.15) is 5.10 Å². The lowest BCUT2D eigenvalue weighted by atomic mass is 10.1. The maximum atomic E-state index is 11.9. The smallest absolute Gasteiger partial charge is 0.282 e. The molecule has 1 atom stereocenters. The van der Waals surface area contributed by atoms with Crippen LogP contribution in [0.25, 0.3) is 0 Å². The van der Waals surface area contributed by atoms with E-state index in [1.165, 1.54) is 4.68 Å². The number of anilines is 1. The molecule has 0 saturated heterocycles. The van der Waals surface area contributed by atoms with Gasteiger partial charge in [0.1, 0.15) is 11.1 Å². The highest BCUT2D eigenvalue weighted by atomic mass is 79.9. The zero-order valence-corrected chi connectivity index (χ0v) is 15.3. The third kappa shape index (κ3) is 4.07. The predicted molar refractivity (Wildman–Crippen MR) is 94.8 cm³/mol. The largest absolute Gasteiger partial charge is 0.493 e. The topological polar surface area (TPSA) is 85.6 Å². The minimum Gasteiger partial charge on any atom is -0.493 e. The zero-order valence-electron chi connectivity index (χ0n) is 13.7. The summed E-state index contributed by atoms with van der Waals surface area (Å²) in [7, 11) is 3.15. The van der Waals surface area contributed by atoms with Crippen LogP contribution in [0.3, 0.4) is 0 Å². The minimum absolute atomic E-state index is 0.0626. The Balaban J connectivity index is 2.22. The Hall–Kier alpha value is -2.06. The van der Waals surface area contributed by atoms with E-state index >= 15 is 0 Å². The van der Waals surface area contributed by atoms with Crippen molar-refractivity contribution in [2.45, 2.75) is 13.0 Å². The quantitative estimate of drug-likeness (QED) is 0.743. The standard InChI is InChI=1S/C16H20BrN3O4/c1-10(19-12-9-18-20(2)16(22)15(12)17)11-4-5-13(24-7-6-21)14(8-11)23-3/h4-5,8-10,19,21H,6-7H2,1-3H3. The van der Waals surface area contributed by atoms with Gasteiger partial charge in [-0.25, -0.2) is 4.68 Å². The average Bonchev–Trinajstić information content (AvgIpc) is 2.60. The van der Waals surface area contributed by atoms with E-state index in [2.05, 4.69) is 26.3 Å². The molecule has 130 valence electrons. The maximum absolute atomic E-state index is 11.9. The molecule has 0 saturated carbocycles. The van der Waals surface area contributed by atoms with Crippen LogP contribution in [0.4, 0.5) is 5.69 Å². The monoisotopic (exact) mass is 397 g/mol. The first-order chi connectivity index (χ1) is 11.5. The van der Waals surface area contributed by atoms with E-state index in [-0.39, 0.29) is 24.8 Å². The SMILES string of the molecule is COc1cc(C(C)Nc2cnn(C)c(=O)c2Br)ccc1OCCO. The lowest BCUT2D eigenvalue weighted by Crippen LogP contribution is -2.22. The van der Waals surface area contributed by atoms with Gasteiger partial charge in [0.2, 0.25) is 0 Å². The van der Waals surface area contributed by atoms with E-state index in [1.807, 2.05) is 19.1 Å². The van der Waals surface area contributed by atoms with E-state index in [9.17, 15) is 4.79 Å². The molecule has 0 bridgehead atoms. The fourth-order valence-electron chi connectivity index (χ4n) is 2.16. The molecule has 1 heterocycles. The molecule has 0 amide bonds. The number of aromatic nitrogens is 2. The van der Waals surface area contributed by atoms with Gasteiger partial charge >= 0.3 is 0 Å². The number of aryl methyl sites for hydroxylation is 1. The van der Waals surface area contributed by atoms with Crippen LogP contribution in [0.2, 0.25) is 0 Å². The van der Waals surface area contributed by atoms with Gasteiger partial charge in [0.15, 0.2) is 11.5 Å². The van der Waals surface area contributed by atoms with Crippen LogP contribution >= 0.6 is 15.9 Å². The summed E-state index contributed by atoms with van der Waals surface area (Å²) in [5, 5.41) is 16.1. The Morgan fingerprint density at radius 2 is 2.17 bits per heavy atom. The van der Waals surface area contributed by atoms with E-state index < -0.39 is 0 Å². The van der Waals surface area contributed by atoms with E-state index in [0.29, 0.717) is 21.7 Å². The van der Waals surface area contributed by atoms with Crippen LogP contribution in [-0.4, -0.2) is 35.2 Å². The maximum Gasteiger partial charge on any atom is 0.282 e. The third-order valence-corrected chi connectivity index (χ3v) is 4.25. The minimum atomic E-state index is -0.211. The fraction of sp³-hybridized carbons (Fsp3) is 0.375. The molecular weight excluding hydrogens is 378 g/mol. The van der Waals surface area contributed by atoms with Crippen molar-refractivity contribution in [3.63, 3.8) is 0 Å². The van der Waals surface area contributed by atoms with Crippen LogP contribution < -0.4 is 20.3 Å². The second-order valence-corrected chi connectivity index (χ2v) is 5.94. The van der Waals surface area contributed by atoms with Gasteiger partial charge < -0.3 is 19.9 Å². The van der Waals surface area contributed by atoms with Crippen molar-refractivity contribution in [2.75, 3.05) is 25.6 Å². The number of nitrogens with one attached hydrogen (secondary N) is 1. The molecule has 1 aromatic carbocycles. The summed E-state index contributed by atoms with van der Waals surface area (Å²) in [6.45, 7) is 2.11. The zero-order chi connectivity index (χ0) is 17.7. The van der Waals surface area contributed by atoms with E-state index in [1.54, 1.807) is 26.4 Å². The number of hydrogen-bond acceptors (Lipinski definition) is 6. The summed E-state index contributed by atoms with van der Waals surface area (Å²) in [5.74, 6) is 1.15. The second kappa shape index (κ2) is 8.16.